The lowest BCUT2D eigenvalue weighted by Crippen LogP contribution is -2.07. The third-order valence-corrected chi connectivity index (χ3v) is 3.46. The molecule has 2 nitrogen and oxygen atoms in total. The predicted molar refractivity (Wildman–Crippen MR) is 72.9 cm³/mol. The van der Waals surface area contributed by atoms with Crippen LogP contribution in [0.15, 0.2) is 30.3 Å². The SMILES string of the molecule is COc1c(C(O)c2cc(F)ccc2F)ccc(C)c1C. The van der Waals surface area contributed by atoms with Crippen LogP contribution in [0.2, 0.25) is 0 Å². The van der Waals surface area contributed by atoms with Crippen molar-refractivity contribution >= 4 is 0 Å². The van der Waals surface area contributed by atoms with Crippen molar-refractivity contribution in [3.63, 3.8) is 0 Å². The fourth-order valence-electron chi connectivity index (χ4n) is 2.19. The van der Waals surface area contributed by atoms with Gasteiger partial charge in [-0.2, -0.15) is 0 Å². The molecule has 0 aliphatic heterocycles. The van der Waals surface area contributed by atoms with Gasteiger partial charge in [-0.1, -0.05) is 12.1 Å². The topological polar surface area (TPSA) is 29.5 Å². The zero-order valence-electron chi connectivity index (χ0n) is 11.6. The zero-order valence-corrected chi connectivity index (χ0v) is 11.6. The van der Waals surface area contributed by atoms with Gasteiger partial charge in [0.15, 0.2) is 0 Å². The Morgan fingerprint density at radius 3 is 2.40 bits per heavy atom. The van der Waals surface area contributed by atoms with Crippen LogP contribution in [0, 0.1) is 25.5 Å². The molecule has 0 aromatic heterocycles. The van der Waals surface area contributed by atoms with Crippen LogP contribution in [0.25, 0.3) is 0 Å². The molecule has 0 radical (unpaired) electrons. The maximum atomic E-state index is 13.8. The van der Waals surface area contributed by atoms with Gasteiger partial charge in [0.1, 0.15) is 23.5 Å². The summed E-state index contributed by atoms with van der Waals surface area (Å²) in [5.74, 6) is -0.761. The van der Waals surface area contributed by atoms with E-state index in [0.29, 0.717) is 11.3 Å². The van der Waals surface area contributed by atoms with Gasteiger partial charge in [0, 0.05) is 11.1 Å². The molecule has 2 aromatic rings. The number of hydrogen-bond acceptors (Lipinski definition) is 2. The molecule has 0 fully saturated rings. The zero-order chi connectivity index (χ0) is 14.9. The average molecular weight is 278 g/mol. The smallest absolute Gasteiger partial charge is 0.129 e. The van der Waals surface area contributed by atoms with Gasteiger partial charge in [0.25, 0.3) is 0 Å². The molecule has 0 amide bonds. The van der Waals surface area contributed by atoms with Gasteiger partial charge in [0.2, 0.25) is 0 Å². The molecular weight excluding hydrogens is 262 g/mol. The fourth-order valence-corrected chi connectivity index (χ4v) is 2.19. The Labute approximate surface area is 116 Å². The van der Waals surface area contributed by atoms with Crippen LogP contribution < -0.4 is 4.74 Å². The van der Waals surface area contributed by atoms with E-state index < -0.39 is 17.7 Å². The third-order valence-electron chi connectivity index (χ3n) is 3.46. The van der Waals surface area contributed by atoms with Crippen molar-refractivity contribution in [1.29, 1.82) is 0 Å². The summed E-state index contributed by atoms with van der Waals surface area (Å²) < 4.78 is 32.3. The number of hydrogen-bond donors (Lipinski definition) is 1. The van der Waals surface area contributed by atoms with Gasteiger partial charge in [-0.05, 0) is 43.2 Å². The molecule has 0 heterocycles. The number of benzene rings is 2. The number of methoxy groups -OCH3 is 1. The molecule has 1 unspecified atom stereocenters. The Morgan fingerprint density at radius 2 is 1.75 bits per heavy atom. The first-order valence-electron chi connectivity index (χ1n) is 6.22. The van der Waals surface area contributed by atoms with Gasteiger partial charge in [-0.15, -0.1) is 0 Å². The Bertz CT molecular complexity index is 639. The number of halogens is 2. The quantitative estimate of drug-likeness (QED) is 0.928. The second-order valence-corrected chi connectivity index (χ2v) is 4.70. The number of aryl methyl sites for hydroxylation is 1. The number of ether oxygens (including phenoxy) is 1. The second kappa shape index (κ2) is 5.59. The van der Waals surface area contributed by atoms with Crippen LogP contribution in [0.1, 0.15) is 28.4 Å². The van der Waals surface area contributed by atoms with Gasteiger partial charge in [-0.25, -0.2) is 8.78 Å². The van der Waals surface area contributed by atoms with Crippen molar-refractivity contribution in [1.82, 2.24) is 0 Å². The Morgan fingerprint density at radius 1 is 1.05 bits per heavy atom. The largest absolute Gasteiger partial charge is 0.496 e. The highest BCUT2D eigenvalue weighted by Gasteiger charge is 2.21. The summed E-state index contributed by atoms with van der Waals surface area (Å²) in [6, 6.07) is 6.49. The van der Waals surface area contributed by atoms with Crippen molar-refractivity contribution in [3.05, 3.63) is 64.2 Å². The molecule has 0 saturated heterocycles. The minimum Gasteiger partial charge on any atom is -0.496 e. The molecule has 0 aliphatic rings. The third kappa shape index (κ3) is 2.51. The number of aliphatic hydroxyl groups excluding tert-OH is 1. The molecule has 0 aliphatic carbocycles. The van der Waals surface area contributed by atoms with Crippen LogP contribution >= 0.6 is 0 Å². The fraction of sp³-hybridized carbons (Fsp3) is 0.250. The van der Waals surface area contributed by atoms with E-state index in [2.05, 4.69) is 0 Å². The molecule has 0 bridgehead atoms. The summed E-state index contributed by atoms with van der Waals surface area (Å²) in [5.41, 5.74) is 2.17. The van der Waals surface area contributed by atoms with Crippen LogP contribution in [0.5, 0.6) is 5.75 Å². The highest BCUT2D eigenvalue weighted by Crippen LogP contribution is 2.35. The van der Waals surface area contributed by atoms with Crippen LogP contribution in [-0.2, 0) is 0 Å². The molecule has 0 saturated carbocycles. The predicted octanol–water partition coefficient (Wildman–Crippen LogP) is 3.67. The molecule has 20 heavy (non-hydrogen) atoms. The average Bonchev–Trinajstić information content (AvgIpc) is 2.43. The van der Waals surface area contributed by atoms with E-state index in [9.17, 15) is 13.9 Å². The highest BCUT2D eigenvalue weighted by atomic mass is 19.1. The first-order chi connectivity index (χ1) is 9.45. The summed E-state index contributed by atoms with van der Waals surface area (Å²) in [6.45, 7) is 3.77. The molecule has 1 N–H and O–H groups in total. The lowest BCUT2D eigenvalue weighted by molar-refractivity contribution is 0.209. The van der Waals surface area contributed by atoms with Crippen LogP contribution in [0.3, 0.4) is 0 Å². The Balaban J connectivity index is 2.56. The Kier molecular flexibility index (Phi) is 4.04. The van der Waals surface area contributed by atoms with Gasteiger partial charge >= 0.3 is 0 Å². The number of rotatable bonds is 3. The molecule has 4 heteroatoms. The van der Waals surface area contributed by atoms with E-state index in [-0.39, 0.29) is 5.56 Å². The molecule has 2 rings (SSSR count). The lowest BCUT2D eigenvalue weighted by Gasteiger charge is -2.18. The maximum absolute atomic E-state index is 13.8. The van der Waals surface area contributed by atoms with Crippen molar-refractivity contribution in [2.45, 2.75) is 20.0 Å². The van der Waals surface area contributed by atoms with E-state index in [1.165, 1.54) is 7.11 Å². The van der Waals surface area contributed by atoms with Gasteiger partial charge in [0.05, 0.1) is 7.11 Å². The highest BCUT2D eigenvalue weighted by molar-refractivity contribution is 5.48. The van der Waals surface area contributed by atoms with E-state index in [1.54, 1.807) is 6.07 Å². The van der Waals surface area contributed by atoms with Crippen LogP contribution in [-0.4, -0.2) is 12.2 Å². The molecule has 1 atom stereocenters. The van der Waals surface area contributed by atoms with Crippen molar-refractivity contribution in [2.75, 3.05) is 7.11 Å². The summed E-state index contributed by atoms with van der Waals surface area (Å²) in [5, 5.41) is 10.3. The number of aliphatic hydroxyl groups is 1. The lowest BCUT2D eigenvalue weighted by atomic mass is 9.96. The second-order valence-electron chi connectivity index (χ2n) is 4.70. The molecular formula is C16H16F2O2. The van der Waals surface area contributed by atoms with E-state index >= 15 is 0 Å². The monoisotopic (exact) mass is 278 g/mol. The van der Waals surface area contributed by atoms with Crippen molar-refractivity contribution < 1.29 is 18.6 Å². The molecule has 2 aromatic carbocycles. The minimum absolute atomic E-state index is 0.105. The van der Waals surface area contributed by atoms with Crippen molar-refractivity contribution in [3.8, 4) is 5.75 Å². The molecule has 106 valence electrons. The van der Waals surface area contributed by atoms with E-state index in [0.717, 1.165) is 29.3 Å². The van der Waals surface area contributed by atoms with Crippen LogP contribution in [0.4, 0.5) is 8.78 Å². The first-order valence-corrected chi connectivity index (χ1v) is 6.22. The van der Waals surface area contributed by atoms with E-state index in [1.807, 2.05) is 19.9 Å². The normalized spacial score (nSPS) is 12.3. The first kappa shape index (κ1) is 14.5. The van der Waals surface area contributed by atoms with E-state index in [4.69, 9.17) is 4.74 Å². The van der Waals surface area contributed by atoms with Crippen molar-refractivity contribution in [2.24, 2.45) is 0 Å². The summed E-state index contributed by atoms with van der Waals surface area (Å²) >= 11 is 0. The standard InChI is InChI=1S/C16H16F2O2/c1-9-4-6-12(16(20-3)10(9)2)15(19)13-8-11(17)5-7-14(13)18/h4-8,15,19H,1-3H3. The molecule has 0 spiro atoms. The van der Waals surface area contributed by atoms with Gasteiger partial charge in [-0.3, -0.25) is 0 Å². The maximum Gasteiger partial charge on any atom is 0.129 e. The summed E-state index contributed by atoms with van der Waals surface area (Å²) in [4.78, 5) is 0. The summed E-state index contributed by atoms with van der Waals surface area (Å²) in [6.07, 6.45) is -1.28. The minimum atomic E-state index is -1.28. The summed E-state index contributed by atoms with van der Waals surface area (Å²) in [7, 11) is 1.49. The van der Waals surface area contributed by atoms with Gasteiger partial charge < -0.3 is 9.84 Å². The Hall–Kier alpha value is -1.94.